The van der Waals surface area contributed by atoms with Crippen molar-refractivity contribution in [2.24, 2.45) is 0 Å². The topological polar surface area (TPSA) is 51.0 Å². The zero-order chi connectivity index (χ0) is 20.1. The van der Waals surface area contributed by atoms with Crippen LogP contribution in [0.5, 0.6) is 0 Å². The molecular formula is C23H22N4OS. The molecule has 3 heterocycles. The highest BCUT2D eigenvalue weighted by molar-refractivity contribution is 7.09. The van der Waals surface area contributed by atoms with Crippen LogP contribution in [0.3, 0.4) is 0 Å². The van der Waals surface area contributed by atoms with Crippen LogP contribution < -0.4 is 0 Å². The Bertz CT molecular complexity index is 1060. The Morgan fingerprint density at radius 3 is 2.66 bits per heavy atom. The van der Waals surface area contributed by atoms with E-state index in [1.165, 1.54) is 4.88 Å². The average molecular weight is 403 g/mol. The van der Waals surface area contributed by atoms with Crippen molar-refractivity contribution in [3.63, 3.8) is 0 Å². The molecule has 6 heteroatoms. The minimum Gasteiger partial charge on any atom is -0.334 e. The van der Waals surface area contributed by atoms with Gasteiger partial charge in [-0.15, -0.1) is 11.3 Å². The smallest absolute Gasteiger partial charge is 0.258 e. The fourth-order valence-electron chi connectivity index (χ4n) is 3.23. The Labute approximate surface area is 174 Å². The van der Waals surface area contributed by atoms with Gasteiger partial charge in [0, 0.05) is 35.6 Å². The lowest BCUT2D eigenvalue weighted by atomic mass is 10.1. The first-order valence-electron chi connectivity index (χ1n) is 9.58. The van der Waals surface area contributed by atoms with Crippen LogP contribution in [0.2, 0.25) is 0 Å². The monoisotopic (exact) mass is 402 g/mol. The normalized spacial score (nSPS) is 10.8. The van der Waals surface area contributed by atoms with Crippen LogP contribution in [0.4, 0.5) is 0 Å². The molecule has 1 amide bonds. The maximum atomic E-state index is 13.4. The highest BCUT2D eigenvalue weighted by Crippen LogP contribution is 2.24. The molecule has 0 radical (unpaired) electrons. The summed E-state index contributed by atoms with van der Waals surface area (Å²) in [6.45, 7) is 3.85. The third-order valence-electron chi connectivity index (χ3n) is 4.71. The summed E-state index contributed by atoms with van der Waals surface area (Å²) in [7, 11) is 0. The van der Waals surface area contributed by atoms with Crippen LogP contribution in [-0.2, 0) is 13.1 Å². The zero-order valence-corrected chi connectivity index (χ0v) is 17.0. The molecule has 5 nitrogen and oxygen atoms in total. The molecule has 146 valence electrons. The molecule has 4 aromatic rings. The number of hydrogen-bond donors (Lipinski definition) is 0. The van der Waals surface area contributed by atoms with Gasteiger partial charge in [0.25, 0.3) is 5.91 Å². The average Bonchev–Trinajstić information content (AvgIpc) is 3.43. The van der Waals surface area contributed by atoms with Crippen molar-refractivity contribution in [3.05, 3.63) is 94.6 Å². The molecule has 0 unspecified atom stereocenters. The largest absolute Gasteiger partial charge is 0.334 e. The van der Waals surface area contributed by atoms with E-state index in [1.54, 1.807) is 23.7 Å². The molecule has 3 aromatic heterocycles. The number of amides is 1. The van der Waals surface area contributed by atoms with Gasteiger partial charge in [-0.2, -0.15) is 5.10 Å². The van der Waals surface area contributed by atoms with E-state index < -0.39 is 0 Å². The fraction of sp³-hybridized carbons (Fsp3) is 0.174. The SMILES string of the molecule is CCN(Cc1cccs1)C(=O)c1cn(Cc2ccccc2)nc1-c1cccnc1. The summed E-state index contributed by atoms with van der Waals surface area (Å²) >= 11 is 1.66. The van der Waals surface area contributed by atoms with Gasteiger partial charge in [-0.3, -0.25) is 14.5 Å². The third-order valence-corrected chi connectivity index (χ3v) is 5.57. The number of carbonyl (C=O) groups is 1. The molecule has 0 atom stereocenters. The number of hydrogen-bond acceptors (Lipinski definition) is 4. The number of aromatic nitrogens is 3. The molecule has 4 rings (SSSR count). The predicted molar refractivity (Wildman–Crippen MR) is 116 cm³/mol. The van der Waals surface area contributed by atoms with Gasteiger partial charge in [0.15, 0.2) is 0 Å². The quantitative estimate of drug-likeness (QED) is 0.450. The van der Waals surface area contributed by atoms with E-state index in [-0.39, 0.29) is 5.91 Å². The molecule has 0 N–H and O–H groups in total. The van der Waals surface area contributed by atoms with Crippen molar-refractivity contribution in [2.45, 2.75) is 20.0 Å². The number of rotatable bonds is 7. The fourth-order valence-corrected chi connectivity index (χ4v) is 3.95. The van der Waals surface area contributed by atoms with E-state index in [1.807, 2.05) is 64.5 Å². The molecular weight excluding hydrogens is 380 g/mol. The molecule has 0 bridgehead atoms. The van der Waals surface area contributed by atoms with Gasteiger partial charge in [0.1, 0.15) is 5.69 Å². The van der Waals surface area contributed by atoms with Crippen molar-refractivity contribution < 1.29 is 4.79 Å². The second kappa shape index (κ2) is 8.84. The zero-order valence-electron chi connectivity index (χ0n) is 16.2. The third kappa shape index (κ3) is 4.43. The van der Waals surface area contributed by atoms with Crippen molar-refractivity contribution in [3.8, 4) is 11.3 Å². The number of thiophene rings is 1. The van der Waals surface area contributed by atoms with Crippen molar-refractivity contribution in [1.29, 1.82) is 0 Å². The second-order valence-electron chi connectivity index (χ2n) is 6.71. The predicted octanol–water partition coefficient (Wildman–Crippen LogP) is 4.72. The molecule has 0 saturated carbocycles. The Balaban J connectivity index is 1.69. The molecule has 0 aliphatic rings. The van der Waals surface area contributed by atoms with Gasteiger partial charge in [0.2, 0.25) is 0 Å². The summed E-state index contributed by atoms with van der Waals surface area (Å²) in [6, 6.07) is 18.0. The first kappa shape index (κ1) is 19.1. The minimum absolute atomic E-state index is 0.0148. The number of nitrogens with zero attached hydrogens (tertiary/aromatic N) is 4. The maximum Gasteiger partial charge on any atom is 0.258 e. The number of benzene rings is 1. The van der Waals surface area contributed by atoms with E-state index in [4.69, 9.17) is 5.10 Å². The summed E-state index contributed by atoms with van der Waals surface area (Å²) in [5.74, 6) is -0.0148. The Morgan fingerprint density at radius 2 is 1.97 bits per heavy atom. The first-order valence-corrected chi connectivity index (χ1v) is 10.5. The van der Waals surface area contributed by atoms with Gasteiger partial charge < -0.3 is 4.90 Å². The molecule has 0 aliphatic carbocycles. The summed E-state index contributed by atoms with van der Waals surface area (Å²) in [5, 5.41) is 6.78. The highest BCUT2D eigenvalue weighted by Gasteiger charge is 2.23. The minimum atomic E-state index is -0.0148. The summed E-state index contributed by atoms with van der Waals surface area (Å²) in [6.07, 6.45) is 5.33. The van der Waals surface area contributed by atoms with Gasteiger partial charge in [-0.05, 0) is 36.1 Å². The van der Waals surface area contributed by atoms with E-state index in [9.17, 15) is 4.79 Å². The van der Waals surface area contributed by atoms with Crippen molar-refractivity contribution in [1.82, 2.24) is 19.7 Å². The molecule has 0 saturated heterocycles. The second-order valence-corrected chi connectivity index (χ2v) is 7.75. The van der Waals surface area contributed by atoms with Crippen LogP contribution in [0.15, 0.2) is 78.6 Å². The van der Waals surface area contributed by atoms with E-state index in [2.05, 4.69) is 23.2 Å². The Kier molecular flexibility index (Phi) is 5.81. The van der Waals surface area contributed by atoms with Crippen LogP contribution in [0, 0.1) is 0 Å². The van der Waals surface area contributed by atoms with Crippen molar-refractivity contribution >= 4 is 17.2 Å². The molecule has 0 fully saturated rings. The van der Waals surface area contributed by atoms with E-state index in [0.717, 1.165) is 11.1 Å². The van der Waals surface area contributed by atoms with Crippen LogP contribution in [-0.4, -0.2) is 32.1 Å². The summed E-state index contributed by atoms with van der Waals surface area (Å²) in [5.41, 5.74) is 3.25. The van der Waals surface area contributed by atoms with Crippen LogP contribution in [0.25, 0.3) is 11.3 Å². The van der Waals surface area contributed by atoms with Gasteiger partial charge in [-0.25, -0.2) is 0 Å². The van der Waals surface area contributed by atoms with Crippen LogP contribution in [0.1, 0.15) is 27.7 Å². The van der Waals surface area contributed by atoms with E-state index >= 15 is 0 Å². The van der Waals surface area contributed by atoms with E-state index in [0.29, 0.717) is 30.9 Å². The maximum absolute atomic E-state index is 13.4. The molecule has 29 heavy (non-hydrogen) atoms. The highest BCUT2D eigenvalue weighted by atomic mass is 32.1. The van der Waals surface area contributed by atoms with Crippen molar-refractivity contribution in [2.75, 3.05) is 6.54 Å². The van der Waals surface area contributed by atoms with Crippen LogP contribution >= 0.6 is 11.3 Å². The number of pyridine rings is 1. The Hall–Kier alpha value is -3.25. The lowest BCUT2D eigenvalue weighted by molar-refractivity contribution is 0.0755. The lowest BCUT2D eigenvalue weighted by Gasteiger charge is -2.20. The molecule has 1 aromatic carbocycles. The first-order chi connectivity index (χ1) is 14.2. The number of carbonyl (C=O) groups excluding carboxylic acids is 1. The summed E-state index contributed by atoms with van der Waals surface area (Å²) in [4.78, 5) is 20.7. The molecule has 0 spiro atoms. The lowest BCUT2D eigenvalue weighted by Crippen LogP contribution is -2.30. The molecule has 0 aliphatic heterocycles. The van der Waals surface area contributed by atoms with Gasteiger partial charge >= 0.3 is 0 Å². The van der Waals surface area contributed by atoms with Gasteiger partial charge in [-0.1, -0.05) is 36.4 Å². The standard InChI is InChI=1S/C23H22N4OS/c1-2-26(16-20-11-7-13-29-20)23(28)21-17-27(15-18-8-4-3-5-9-18)25-22(21)19-10-6-12-24-14-19/h3-14,17H,2,15-16H2,1H3. The van der Waals surface area contributed by atoms with Gasteiger partial charge in [0.05, 0.1) is 18.7 Å². The summed E-state index contributed by atoms with van der Waals surface area (Å²) < 4.78 is 1.84. The Morgan fingerprint density at radius 1 is 1.10 bits per heavy atom.